The van der Waals surface area contributed by atoms with Crippen LogP contribution in [0.2, 0.25) is 0 Å². The molecular weight excluding hydrogens is 168 g/mol. The molecule has 0 aromatic carbocycles. The Balaban J connectivity index is 1.81. The van der Waals surface area contributed by atoms with Crippen molar-refractivity contribution in [2.24, 2.45) is 0 Å². The summed E-state index contributed by atoms with van der Waals surface area (Å²) in [7, 11) is 0. The van der Waals surface area contributed by atoms with Crippen molar-refractivity contribution in [3.63, 3.8) is 0 Å². The normalized spacial score (nSPS) is 23.2. The first-order valence-corrected chi connectivity index (χ1v) is 6.26. The van der Waals surface area contributed by atoms with E-state index in [0.29, 0.717) is 0 Å². The van der Waals surface area contributed by atoms with Gasteiger partial charge in [-0.15, -0.1) is 0 Å². The molecule has 2 nitrogen and oxygen atoms in total. The third-order valence-electron chi connectivity index (χ3n) is 2.26. The topological polar surface area (TPSA) is 24.1 Å². The zero-order chi connectivity index (χ0) is 8.65. The minimum absolute atomic E-state index is 0.749. The maximum Gasteiger partial charge on any atom is 0.0192 e. The number of nitrogens with one attached hydrogen (secondary N) is 2. The number of hydrogen-bond donors (Lipinski definition) is 2. The van der Waals surface area contributed by atoms with Crippen molar-refractivity contribution >= 4 is 11.8 Å². The number of thioether (sulfide) groups is 1. The van der Waals surface area contributed by atoms with E-state index in [2.05, 4.69) is 16.9 Å². The molecule has 1 aliphatic heterocycles. The molecule has 1 fully saturated rings. The fourth-order valence-electron chi connectivity index (χ4n) is 1.55. The predicted octanol–water partition coefficient (Wildman–Crippen LogP) is 1.08. The zero-order valence-corrected chi connectivity index (χ0v) is 8.75. The lowest BCUT2D eigenvalue weighted by Crippen LogP contribution is -2.34. The van der Waals surface area contributed by atoms with Gasteiger partial charge in [-0.1, -0.05) is 0 Å². The number of hydrogen-bond acceptors (Lipinski definition) is 3. The van der Waals surface area contributed by atoms with Gasteiger partial charge in [0.25, 0.3) is 0 Å². The molecule has 1 heterocycles. The molecule has 0 aromatic heterocycles. The Morgan fingerprint density at radius 2 is 2.50 bits per heavy atom. The maximum absolute atomic E-state index is 3.49. The highest BCUT2D eigenvalue weighted by atomic mass is 32.2. The van der Waals surface area contributed by atoms with Gasteiger partial charge in [0.15, 0.2) is 0 Å². The number of rotatable bonds is 6. The summed E-state index contributed by atoms with van der Waals surface area (Å²) in [5.74, 6) is 1.28. The highest BCUT2D eigenvalue weighted by Crippen LogP contribution is 2.03. The summed E-state index contributed by atoms with van der Waals surface area (Å²) in [5, 5.41) is 6.97. The lowest BCUT2D eigenvalue weighted by molar-refractivity contribution is 0.536. The molecule has 0 aliphatic carbocycles. The largest absolute Gasteiger partial charge is 0.315 e. The Morgan fingerprint density at radius 1 is 1.58 bits per heavy atom. The van der Waals surface area contributed by atoms with Gasteiger partial charge in [0.1, 0.15) is 0 Å². The van der Waals surface area contributed by atoms with Crippen LogP contribution in [-0.2, 0) is 0 Å². The van der Waals surface area contributed by atoms with Gasteiger partial charge in [-0.05, 0) is 44.4 Å². The summed E-state index contributed by atoms with van der Waals surface area (Å²) in [5.41, 5.74) is 0. The molecule has 0 aromatic rings. The van der Waals surface area contributed by atoms with Crippen LogP contribution in [-0.4, -0.2) is 37.7 Å². The molecule has 2 N–H and O–H groups in total. The molecule has 0 spiro atoms. The molecule has 72 valence electrons. The summed E-state index contributed by atoms with van der Waals surface area (Å²) in [4.78, 5) is 0. The summed E-state index contributed by atoms with van der Waals surface area (Å²) >= 11 is 1.93. The lowest BCUT2D eigenvalue weighted by Gasteiger charge is -2.10. The van der Waals surface area contributed by atoms with Gasteiger partial charge in [-0.2, -0.15) is 11.8 Å². The summed E-state index contributed by atoms with van der Waals surface area (Å²) in [6.07, 6.45) is 6.18. The molecule has 1 rings (SSSR count). The van der Waals surface area contributed by atoms with Crippen LogP contribution in [0, 0.1) is 0 Å². The van der Waals surface area contributed by atoms with E-state index in [1.54, 1.807) is 0 Å². The Hall–Kier alpha value is 0.270. The molecule has 1 unspecified atom stereocenters. The molecule has 12 heavy (non-hydrogen) atoms. The lowest BCUT2D eigenvalue weighted by atomic mass is 10.2. The Morgan fingerprint density at radius 3 is 3.17 bits per heavy atom. The van der Waals surface area contributed by atoms with E-state index < -0.39 is 0 Å². The highest BCUT2D eigenvalue weighted by molar-refractivity contribution is 7.98. The van der Waals surface area contributed by atoms with E-state index >= 15 is 0 Å². The first-order chi connectivity index (χ1) is 5.93. The van der Waals surface area contributed by atoms with E-state index in [4.69, 9.17) is 0 Å². The second kappa shape index (κ2) is 6.75. The van der Waals surface area contributed by atoms with Crippen LogP contribution in [0.25, 0.3) is 0 Å². The van der Waals surface area contributed by atoms with Crippen molar-refractivity contribution in [2.75, 3.05) is 31.6 Å². The van der Waals surface area contributed by atoms with Crippen LogP contribution < -0.4 is 10.6 Å². The van der Waals surface area contributed by atoms with Crippen molar-refractivity contribution in [1.82, 2.24) is 10.6 Å². The quantitative estimate of drug-likeness (QED) is 0.610. The predicted molar refractivity (Wildman–Crippen MR) is 56.9 cm³/mol. The Labute approximate surface area is 79.9 Å². The van der Waals surface area contributed by atoms with Gasteiger partial charge in [0.2, 0.25) is 0 Å². The van der Waals surface area contributed by atoms with Crippen molar-refractivity contribution in [3.8, 4) is 0 Å². The minimum atomic E-state index is 0.749. The van der Waals surface area contributed by atoms with E-state index in [1.165, 1.54) is 38.1 Å². The van der Waals surface area contributed by atoms with Gasteiger partial charge in [0.05, 0.1) is 0 Å². The van der Waals surface area contributed by atoms with Gasteiger partial charge >= 0.3 is 0 Å². The molecule has 1 aliphatic rings. The van der Waals surface area contributed by atoms with Crippen LogP contribution in [0.5, 0.6) is 0 Å². The van der Waals surface area contributed by atoms with E-state index in [9.17, 15) is 0 Å². The standard InChI is InChI=1S/C9H20N2S/c1-12-7-3-5-10-8-9-4-2-6-11-9/h9-11H,2-8H2,1H3. The monoisotopic (exact) mass is 188 g/mol. The van der Waals surface area contributed by atoms with Crippen molar-refractivity contribution < 1.29 is 0 Å². The third-order valence-corrected chi connectivity index (χ3v) is 2.95. The average molecular weight is 188 g/mol. The first kappa shape index (κ1) is 10.4. The Kier molecular flexibility index (Phi) is 5.82. The van der Waals surface area contributed by atoms with E-state index in [-0.39, 0.29) is 0 Å². The van der Waals surface area contributed by atoms with Gasteiger partial charge in [-0.3, -0.25) is 0 Å². The van der Waals surface area contributed by atoms with Gasteiger partial charge in [0, 0.05) is 12.6 Å². The van der Waals surface area contributed by atoms with Crippen molar-refractivity contribution in [3.05, 3.63) is 0 Å². The SMILES string of the molecule is CSCCCNCC1CCCN1. The zero-order valence-electron chi connectivity index (χ0n) is 7.94. The van der Waals surface area contributed by atoms with Gasteiger partial charge < -0.3 is 10.6 Å². The second-order valence-electron chi connectivity index (χ2n) is 3.34. The molecule has 0 saturated carbocycles. The van der Waals surface area contributed by atoms with Gasteiger partial charge in [-0.25, -0.2) is 0 Å². The van der Waals surface area contributed by atoms with E-state index in [0.717, 1.165) is 12.6 Å². The Bertz CT molecular complexity index is 103. The maximum atomic E-state index is 3.49. The van der Waals surface area contributed by atoms with Crippen LogP contribution in [0.1, 0.15) is 19.3 Å². The fourth-order valence-corrected chi connectivity index (χ4v) is 1.98. The highest BCUT2D eigenvalue weighted by Gasteiger charge is 2.12. The third kappa shape index (κ3) is 4.33. The summed E-state index contributed by atoms with van der Waals surface area (Å²) in [6, 6.07) is 0.749. The van der Waals surface area contributed by atoms with Crippen LogP contribution >= 0.6 is 11.8 Å². The van der Waals surface area contributed by atoms with E-state index in [1.807, 2.05) is 11.8 Å². The average Bonchev–Trinajstić information content (AvgIpc) is 2.57. The first-order valence-electron chi connectivity index (χ1n) is 4.86. The molecule has 0 radical (unpaired) electrons. The molecular formula is C9H20N2S. The summed E-state index contributed by atoms with van der Waals surface area (Å²) in [6.45, 7) is 3.56. The summed E-state index contributed by atoms with van der Waals surface area (Å²) < 4.78 is 0. The fraction of sp³-hybridized carbons (Fsp3) is 1.00. The molecule has 3 heteroatoms. The molecule has 1 saturated heterocycles. The molecule has 0 amide bonds. The van der Waals surface area contributed by atoms with Crippen molar-refractivity contribution in [2.45, 2.75) is 25.3 Å². The van der Waals surface area contributed by atoms with Crippen LogP contribution in [0.15, 0.2) is 0 Å². The van der Waals surface area contributed by atoms with Crippen LogP contribution in [0.4, 0.5) is 0 Å². The van der Waals surface area contributed by atoms with Crippen molar-refractivity contribution in [1.29, 1.82) is 0 Å². The minimum Gasteiger partial charge on any atom is -0.315 e. The smallest absolute Gasteiger partial charge is 0.0192 e. The second-order valence-corrected chi connectivity index (χ2v) is 4.33. The van der Waals surface area contributed by atoms with Crippen LogP contribution in [0.3, 0.4) is 0 Å². The molecule has 1 atom stereocenters. The molecule has 0 bridgehead atoms.